The van der Waals surface area contributed by atoms with Crippen LogP contribution in [0.5, 0.6) is 0 Å². The number of aliphatic carboxylic acids is 2. The number of benzene rings is 2. The van der Waals surface area contributed by atoms with Crippen LogP contribution in [-0.2, 0) is 19.2 Å². The van der Waals surface area contributed by atoms with Gasteiger partial charge in [0.2, 0.25) is 6.04 Å². The molecule has 40 heavy (non-hydrogen) atoms. The average molecular weight is 596 g/mol. The molecular formula is C24H27N4O10S2+. The van der Waals surface area contributed by atoms with E-state index in [2.05, 4.69) is 5.32 Å². The van der Waals surface area contributed by atoms with Crippen molar-refractivity contribution in [2.24, 2.45) is 0 Å². The zero-order valence-corrected chi connectivity index (χ0v) is 23.1. The molecule has 3 N–H and O–H groups in total. The highest BCUT2D eigenvalue weighted by molar-refractivity contribution is 7.98. The predicted molar refractivity (Wildman–Crippen MR) is 150 cm³/mol. The molecule has 0 unspecified atom stereocenters. The van der Waals surface area contributed by atoms with Crippen molar-refractivity contribution < 1.29 is 39.2 Å². The maximum atomic E-state index is 14.2. The van der Waals surface area contributed by atoms with Gasteiger partial charge in [-0.2, -0.15) is 28.0 Å². The van der Waals surface area contributed by atoms with E-state index in [0.717, 1.165) is 48.5 Å². The number of quaternary nitrogens is 1. The van der Waals surface area contributed by atoms with E-state index in [-0.39, 0.29) is 41.3 Å². The van der Waals surface area contributed by atoms with Gasteiger partial charge in [-0.1, -0.05) is 0 Å². The first-order valence-electron chi connectivity index (χ1n) is 11.6. The van der Waals surface area contributed by atoms with E-state index in [9.17, 15) is 49.6 Å². The molecule has 0 aliphatic rings. The maximum absolute atomic E-state index is 14.2. The van der Waals surface area contributed by atoms with Crippen LogP contribution < -0.4 is 9.80 Å². The van der Waals surface area contributed by atoms with Crippen LogP contribution in [0.15, 0.2) is 48.5 Å². The van der Waals surface area contributed by atoms with Crippen LogP contribution in [0.4, 0.5) is 22.7 Å². The molecule has 0 saturated heterocycles. The first kappa shape index (κ1) is 32.2. The standard InChI is InChI=1S/C24H26N4O10S2/c1-39-13-11-19(23(31)32)25-21(29)22(30)28(20(24(33)34)12-14-40-2,17-7-3-15(4-8-17)26(35)36)18-9-5-16(6-10-18)27(37)38/h3-10,19-20H,11-14H2,1-2H3,(H2-,25,29,31,32,33,34)/p+1/t19-,20-/m0/s1. The first-order chi connectivity index (χ1) is 18.9. The van der Waals surface area contributed by atoms with Crippen LogP contribution in [-0.4, -0.2) is 79.9 Å². The molecule has 0 bridgehead atoms. The Kier molecular flexibility index (Phi) is 11.6. The van der Waals surface area contributed by atoms with Crippen molar-refractivity contribution in [3.63, 3.8) is 0 Å². The second-order valence-corrected chi connectivity index (χ2v) is 10.3. The lowest BCUT2D eigenvalue weighted by atomic mass is 10.0. The molecule has 2 aromatic carbocycles. The topological polar surface area (TPSA) is 207 Å². The molecule has 0 aliphatic carbocycles. The summed E-state index contributed by atoms with van der Waals surface area (Å²) in [4.78, 5) is 73.2. The number of nitro groups is 2. The van der Waals surface area contributed by atoms with Crippen LogP contribution >= 0.6 is 23.5 Å². The number of carboxylic acids is 2. The Morgan fingerprint density at radius 2 is 1.23 bits per heavy atom. The summed E-state index contributed by atoms with van der Waals surface area (Å²) in [5.41, 5.74) is -1.05. The van der Waals surface area contributed by atoms with Gasteiger partial charge >= 0.3 is 23.8 Å². The molecule has 16 heteroatoms. The van der Waals surface area contributed by atoms with Gasteiger partial charge in [0.05, 0.1) is 9.85 Å². The molecule has 0 heterocycles. The molecule has 2 rings (SSSR count). The van der Waals surface area contributed by atoms with Crippen molar-refractivity contribution >= 4 is 70.0 Å². The minimum atomic E-state index is -1.68. The van der Waals surface area contributed by atoms with E-state index >= 15 is 0 Å². The number of thioether (sulfide) groups is 2. The second-order valence-electron chi connectivity index (χ2n) is 8.36. The first-order valence-corrected chi connectivity index (χ1v) is 14.4. The molecule has 0 fully saturated rings. The van der Waals surface area contributed by atoms with Crippen LogP contribution in [0.3, 0.4) is 0 Å². The van der Waals surface area contributed by atoms with Crippen LogP contribution in [0.2, 0.25) is 0 Å². The Bertz CT molecular complexity index is 1210. The lowest BCUT2D eigenvalue weighted by Crippen LogP contribution is -2.65. The van der Waals surface area contributed by atoms with E-state index in [1.165, 1.54) is 23.5 Å². The van der Waals surface area contributed by atoms with Gasteiger partial charge in [-0.25, -0.2) is 14.4 Å². The minimum Gasteiger partial charge on any atom is -0.480 e. The Balaban J connectivity index is 2.90. The van der Waals surface area contributed by atoms with Crippen molar-refractivity contribution in [1.29, 1.82) is 0 Å². The molecule has 0 aromatic heterocycles. The molecule has 0 spiro atoms. The van der Waals surface area contributed by atoms with Gasteiger partial charge in [-0.3, -0.25) is 25.0 Å². The third-order valence-corrected chi connectivity index (χ3v) is 7.30. The van der Waals surface area contributed by atoms with E-state index in [4.69, 9.17) is 0 Å². The van der Waals surface area contributed by atoms with Gasteiger partial charge in [-0.05, 0) is 30.4 Å². The van der Waals surface area contributed by atoms with E-state index in [1.807, 2.05) is 0 Å². The van der Waals surface area contributed by atoms with Crippen molar-refractivity contribution in [3.8, 4) is 0 Å². The van der Waals surface area contributed by atoms with Crippen LogP contribution in [0.25, 0.3) is 0 Å². The summed E-state index contributed by atoms with van der Waals surface area (Å²) in [5.74, 6) is -5.13. The number of rotatable bonds is 14. The van der Waals surface area contributed by atoms with Crippen molar-refractivity contribution in [2.75, 3.05) is 24.0 Å². The lowest BCUT2D eigenvalue weighted by Gasteiger charge is -2.39. The molecular weight excluding hydrogens is 568 g/mol. The highest BCUT2D eigenvalue weighted by atomic mass is 32.2. The number of hydrogen-bond donors (Lipinski definition) is 3. The van der Waals surface area contributed by atoms with Gasteiger partial charge in [0, 0.05) is 55.0 Å². The number of nitrogens with one attached hydrogen (secondary N) is 1. The molecule has 0 aliphatic heterocycles. The van der Waals surface area contributed by atoms with E-state index in [0.29, 0.717) is 5.75 Å². The molecule has 2 atom stereocenters. The number of nitrogens with zero attached hydrogens (tertiary/aromatic N) is 3. The Morgan fingerprint density at radius 3 is 1.57 bits per heavy atom. The summed E-state index contributed by atoms with van der Waals surface area (Å²) in [6.45, 7) is 0. The average Bonchev–Trinajstić information content (AvgIpc) is 2.92. The number of carbonyl (C=O) groups excluding carboxylic acids is 2. The number of non-ortho nitro benzene ring substituents is 2. The largest absolute Gasteiger partial charge is 0.480 e. The van der Waals surface area contributed by atoms with Gasteiger partial charge in [0.25, 0.3) is 11.4 Å². The lowest BCUT2D eigenvalue weighted by molar-refractivity contribution is -0.385. The van der Waals surface area contributed by atoms with Gasteiger partial charge in [-0.15, -0.1) is 0 Å². The molecule has 214 valence electrons. The number of amides is 2. The Hall–Kier alpha value is -4.02. The van der Waals surface area contributed by atoms with Crippen molar-refractivity contribution in [3.05, 3.63) is 68.8 Å². The zero-order chi connectivity index (χ0) is 30.0. The monoisotopic (exact) mass is 595 g/mol. The minimum absolute atomic E-state index is 0.0284. The normalized spacial score (nSPS) is 12.7. The molecule has 0 saturated carbocycles. The molecule has 14 nitrogen and oxygen atoms in total. The molecule has 0 radical (unpaired) electrons. The fourth-order valence-corrected chi connectivity index (χ4v) is 5.02. The smallest absolute Gasteiger partial charge is 0.414 e. The number of carboxylic acid groups (broad SMARTS) is 2. The Labute approximate surface area is 236 Å². The third-order valence-electron chi connectivity index (χ3n) is 6.01. The summed E-state index contributed by atoms with van der Waals surface area (Å²) >= 11 is 2.58. The van der Waals surface area contributed by atoms with Crippen LogP contribution in [0.1, 0.15) is 12.8 Å². The van der Waals surface area contributed by atoms with Gasteiger partial charge < -0.3 is 15.5 Å². The van der Waals surface area contributed by atoms with E-state index < -0.39 is 50.2 Å². The zero-order valence-electron chi connectivity index (χ0n) is 21.4. The summed E-state index contributed by atoms with van der Waals surface area (Å²) in [5, 5.41) is 44.7. The van der Waals surface area contributed by atoms with Gasteiger partial charge in [0.15, 0.2) is 0 Å². The SMILES string of the molecule is CSCC[C@H](NC(=O)C(=O)[N+](c1ccc([N+](=O)[O-])cc1)(c1ccc([N+](=O)[O-])cc1)[C@@H](CCSC)C(=O)O)C(=O)O. The Morgan fingerprint density at radius 1 is 0.800 bits per heavy atom. The maximum Gasteiger partial charge on any atom is 0.414 e. The van der Waals surface area contributed by atoms with E-state index in [1.54, 1.807) is 12.5 Å². The second kappa shape index (κ2) is 14.4. The molecule has 2 amide bonds. The van der Waals surface area contributed by atoms with Crippen molar-refractivity contribution in [1.82, 2.24) is 9.80 Å². The number of carbonyl (C=O) groups is 4. The predicted octanol–water partition coefficient (Wildman–Crippen LogP) is 3.20. The molecule has 2 aromatic rings. The summed E-state index contributed by atoms with van der Waals surface area (Å²) < 4.78 is -1.34. The van der Waals surface area contributed by atoms with Gasteiger partial charge in [0.1, 0.15) is 17.4 Å². The number of nitro benzene ring substituents is 2. The fourth-order valence-electron chi connectivity index (χ4n) is 4.09. The highest BCUT2D eigenvalue weighted by Gasteiger charge is 2.55. The van der Waals surface area contributed by atoms with Crippen molar-refractivity contribution in [2.45, 2.75) is 24.9 Å². The summed E-state index contributed by atoms with van der Waals surface area (Å²) in [7, 11) is 0. The highest BCUT2D eigenvalue weighted by Crippen LogP contribution is 2.41. The van der Waals surface area contributed by atoms with Crippen LogP contribution in [0, 0.1) is 20.2 Å². The summed E-state index contributed by atoms with van der Waals surface area (Å²) in [6.07, 6.45) is 3.22. The quantitative estimate of drug-likeness (QED) is 0.125. The third kappa shape index (κ3) is 7.13. The fraction of sp³-hybridized carbons (Fsp3) is 0.333. The summed E-state index contributed by atoms with van der Waals surface area (Å²) in [6, 6.07) is 5.50. The number of hydrogen-bond acceptors (Lipinski definition) is 10.